The lowest BCUT2D eigenvalue weighted by atomic mass is 9.96. The van der Waals surface area contributed by atoms with E-state index in [0.29, 0.717) is 29.9 Å². The molecule has 1 atom stereocenters. The third-order valence-corrected chi connectivity index (χ3v) is 5.18. The molecule has 2 fully saturated rings. The fourth-order valence-electron chi connectivity index (χ4n) is 4.06. The molecule has 3 rings (SSSR count). The number of carbonyl (C=O) groups excluding carboxylic acids is 1. The molecule has 0 bridgehead atoms. The highest BCUT2D eigenvalue weighted by Crippen LogP contribution is 2.36. The normalized spacial score (nSPS) is 23.1. The molecule has 2 heterocycles. The Bertz CT molecular complexity index is 531. The van der Waals surface area contributed by atoms with Gasteiger partial charge < -0.3 is 10.6 Å². The van der Waals surface area contributed by atoms with Crippen molar-refractivity contribution in [3.63, 3.8) is 0 Å². The molecule has 1 saturated carbocycles. The lowest BCUT2D eigenvalue weighted by molar-refractivity contribution is 0.0677. The van der Waals surface area contributed by atoms with Crippen molar-refractivity contribution in [3.05, 3.63) is 11.4 Å². The molecule has 0 spiro atoms. The number of hydrogen-bond donors (Lipinski definition) is 1. The van der Waals surface area contributed by atoms with Crippen LogP contribution in [0.2, 0.25) is 0 Å². The second-order valence-corrected chi connectivity index (χ2v) is 6.42. The van der Waals surface area contributed by atoms with E-state index in [1.165, 1.54) is 25.7 Å². The van der Waals surface area contributed by atoms with Crippen LogP contribution in [0.1, 0.15) is 61.6 Å². The van der Waals surface area contributed by atoms with E-state index in [1.807, 2.05) is 13.8 Å². The molecule has 5 nitrogen and oxygen atoms in total. The summed E-state index contributed by atoms with van der Waals surface area (Å²) >= 11 is 0. The number of aromatic nitrogens is 2. The van der Waals surface area contributed by atoms with Crippen LogP contribution in [-0.4, -0.2) is 33.2 Å². The smallest absolute Gasteiger partial charge is 0.274 e. The Morgan fingerprint density at radius 2 is 2.00 bits per heavy atom. The quantitative estimate of drug-likeness (QED) is 0.930. The molecule has 1 amide bonds. The molecule has 1 unspecified atom stereocenters. The summed E-state index contributed by atoms with van der Waals surface area (Å²) in [5.74, 6) is 0.779. The van der Waals surface area contributed by atoms with Gasteiger partial charge in [-0.3, -0.25) is 9.48 Å². The maximum absolute atomic E-state index is 13.0. The van der Waals surface area contributed by atoms with Gasteiger partial charge in [0.15, 0.2) is 0 Å². The van der Waals surface area contributed by atoms with E-state index in [-0.39, 0.29) is 5.91 Å². The summed E-state index contributed by atoms with van der Waals surface area (Å²) in [5, 5.41) is 4.39. The lowest BCUT2D eigenvalue weighted by Gasteiger charge is -2.29. The predicted octanol–water partition coefficient (Wildman–Crippen LogP) is 2.59. The second-order valence-electron chi connectivity index (χ2n) is 6.42. The number of aryl methyl sites for hydroxylation is 2. The number of nitrogens with zero attached hydrogens (tertiary/aromatic N) is 3. The molecule has 21 heavy (non-hydrogen) atoms. The minimum atomic E-state index is 0.0874. The van der Waals surface area contributed by atoms with E-state index in [1.54, 1.807) is 4.68 Å². The first-order valence-electron chi connectivity index (χ1n) is 8.27. The highest BCUT2D eigenvalue weighted by Gasteiger charge is 2.38. The molecule has 1 aliphatic heterocycles. The number of likely N-dealkylation sites (tertiary alicyclic amines) is 1. The van der Waals surface area contributed by atoms with Crippen LogP contribution in [0.4, 0.5) is 5.69 Å². The molecule has 2 N–H and O–H groups in total. The van der Waals surface area contributed by atoms with Crippen molar-refractivity contribution in [1.82, 2.24) is 14.7 Å². The van der Waals surface area contributed by atoms with Crippen LogP contribution in [-0.2, 0) is 6.54 Å². The predicted molar refractivity (Wildman–Crippen MR) is 83.1 cm³/mol. The summed E-state index contributed by atoms with van der Waals surface area (Å²) < 4.78 is 1.76. The molecule has 0 radical (unpaired) electrons. The molecule has 1 aliphatic carbocycles. The zero-order valence-corrected chi connectivity index (χ0v) is 13.1. The summed E-state index contributed by atoms with van der Waals surface area (Å²) in [6.07, 6.45) is 7.45. The molecular formula is C16H26N4O. The Morgan fingerprint density at radius 3 is 2.67 bits per heavy atom. The summed E-state index contributed by atoms with van der Waals surface area (Å²) in [7, 11) is 0. The van der Waals surface area contributed by atoms with Crippen molar-refractivity contribution in [2.45, 2.75) is 65.0 Å². The van der Waals surface area contributed by atoms with Crippen molar-refractivity contribution < 1.29 is 4.79 Å². The largest absolute Gasteiger partial charge is 0.395 e. The maximum atomic E-state index is 13.0. The van der Waals surface area contributed by atoms with Gasteiger partial charge in [-0.05, 0) is 45.4 Å². The Morgan fingerprint density at radius 1 is 1.29 bits per heavy atom. The molecule has 2 aliphatic rings. The minimum absolute atomic E-state index is 0.0874. The van der Waals surface area contributed by atoms with Crippen LogP contribution in [0.3, 0.4) is 0 Å². The van der Waals surface area contributed by atoms with Crippen LogP contribution in [0, 0.1) is 12.8 Å². The second kappa shape index (κ2) is 5.70. The number of anilines is 1. The van der Waals surface area contributed by atoms with Crippen LogP contribution in [0.25, 0.3) is 0 Å². The van der Waals surface area contributed by atoms with Gasteiger partial charge in [-0.1, -0.05) is 12.8 Å². The molecule has 5 heteroatoms. The topological polar surface area (TPSA) is 64.2 Å². The number of carbonyl (C=O) groups is 1. The highest BCUT2D eigenvalue weighted by molar-refractivity contribution is 5.98. The van der Waals surface area contributed by atoms with Gasteiger partial charge in [0.05, 0.1) is 11.4 Å². The number of amides is 1. The van der Waals surface area contributed by atoms with Gasteiger partial charge in [0.1, 0.15) is 5.69 Å². The highest BCUT2D eigenvalue weighted by atomic mass is 16.2. The third kappa shape index (κ3) is 2.43. The zero-order valence-electron chi connectivity index (χ0n) is 13.1. The van der Waals surface area contributed by atoms with Crippen molar-refractivity contribution in [2.24, 2.45) is 5.92 Å². The SMILES string of the molecule is CCn1nc(C)c(N)c1C(=O)N1CCCC1C1CCCC1. The van der Waals surface area contributed by atoms with Crippen LogP contribution >= 0.6 is 0 Å². The molecule has 1 aromatic rings. The summed E-state index contributed by atoms with van der Waals surface area (Å²) in [5.41, 5.74) is 8.03. The Labute approximate surface area is 126 Å². The van der Waals surface area contributed by atoms with Gasteiger partial charge in [0.2, 0.25) is 0 Å². The molecule has 0 aromatic carbocycles. The standard InChI is InChI=1S/C16H26N4O/c1-3-20-15(14(17)11(2)18-20)16(21)19-10-6-9-13(19)12-7-4-5-8-12/h12-13H,3-10,17H2,1-2H3. The van der Waals surface area contributed by atoms with Gasteiger partial charge in [0.25, 0.3) is 5.91 Å². The van der Waals surface area contributed by atoms with Gasteiger partial charge in [-0.15, -0.1) is 0 Å². The van der Waals surface area contributed by atoms with E-state index in [2.05, 4.69) is 10.00 Å². The Hall–Kier alpha value is -1.52. The fourth-order valence-corrected chi connectivity index (χ4v) is 4.06. The van der Waals surface area contributed by atoms with Gasteiger partial charge >= 0.3 is 0 Å². The van der Waals surface area contributed by atoms with Crippen molar-refractivity contribution in [3.8, 4) is 0 Å². The first-order valence-corrected chi connectivity index (χ1v) is 8.27. The molecule has 1 saturated heterocycles. The van der Waals surface area contributed by atoms with E-state index in [0.717, 1.165) is 25.1 Å². The summed E-state index contributed by atoms with van der Waals surface area (Å²) in [6.45, 7) is 5.42. The van der Waals surface area contributed by atoms with E-state index in [4.69, 9.17) is 5.73 Å². The lowest BCUT2D eigenvalue weighted by Crippen LogP contribution is -2.40. The fraction of sp³-hybridized carbons (Fsp3) is 0.750. The average Bonchev–Trinajstić information content (AvgIpc) is 3.18. The minimum Gasteiger partial charge on any atom is -0.395 e. The zero-order chi connectivity index (χ0) is 15.0. The average molecular weight is 290 g/mol. The maximum Gasteiger partial charge on any atom is 0.274 e. The Balaban J connectivity index is 1.87. The molecule has 1 aromatic heterocycles. The van der Waals surface area contributed by atoms with Gasteiger partial charge in [-0.2, -0.15) is 5.10 Å². The van der Waals surface area contributed by atoms with Crippen molar-refractivity contribution in [1.29, 1.82) is 0 Å². The van der Waals surface area contributed by atoms with Crippen LogP contribution < -0.4 is 5.73 Å². The number of nitrogens with two attached hydrogens (primary N) is 1. The van der Waals surface area contributed by atoms with Crippen molar-refractivity contribution >= 4 is 11.6 Å². The Kier molecular flexibility index (Phi) is 3.91. The van der Waals surface area contributed by atoms with Gasteiger partial charge in [-0.25, -0.2) is 0 Å². The number of nitrogen functional groups attached to an aromatic ring is 1. The number of rotatable bonds is 3. The molecular weight excluding hydrogens is 264 g/mol. The first kappa shape index (κ1) is 14.4. The number of hydrogen-bond acceptors (Lipinski definition) is 3. The van der Waals surface area contributed by atoms with E-state index >= 15 is 0 Å². The van der Waals surface area contributed by atoms with Crippen LogP contribution in [0.5, 0.6) is 0 Å². The monoisotopic (exact) mass is 290 g/mol. The third-order valence-electron chi connectivity index (χ3n) is 5.18. The van der Waals surface area contributed by atoms with Gasteiger partial charge in [0, 0.05) is 19.1 Å². The summed E-state index contributed by atoms with van der Waals surface area (Å²) in [4.78, 5) is 15.1. The van der Waals surface area contributed by atoms with E-state index < -0.39 is 0 Å². The summed E-state index contributed by atoms with van der Waals surface area (Å²) in [6, 6.07) is 0.417. The van der Waals surface area contributed by atoms with Crippen LogP contribution in [0.15, 0.2) is 0 Å². The molecule has 116 valence electrons. The van der Waals surface area contributed by atoms with Crippen molar-refractivity contribution in [2.75, 3.05) is 12.3 Å². The first-order chi connectivity index (χ1) is 10.1. The van der Waals surface area contributed by atoms with E-state index in [9.17, 15) is 4.79 Å².